The number of carbonyl (C=O) groups is 4. The number of halogens is 1. The first-order chi connectivity index (χ1) is 16.5. The third-order valence-electron chi connectivity index (χ3n) is 5.74. The predicted molar refractivity (Wildman–Crippen MR) is 127 cm³/mol. The second-order valence-electron chi connectivity index (χ2n) is 8.00. The minimum atomic E-state index is -0.773. The van der Waals surface area contributed by atoms with Gasteiger partial charge in [0, 0.05) is 31.6 Å². The topological polar surface area (TPSA) is 86.8 Å². The number of rotatable bonds is 7. The Bertz CT molecular complexity index is 1140. The van der Waals surface area contributed by atoms with E-state index < -0.39 is 23.0 Å². The zero-order chi connectivity index (χ0) is 24.1. The van der Waals surface area contributed by atoms with Gasteiger partial charge >= 0.3 is 0 Å². The Kier molecular flexibility index (Phi) is 7.42. The van der Waals surface area contributed by atoms with Gasteiger partial charge in [-0.1, -0.05) is 48.5 Å². The quantitative estimate of drug-likeness (QED) is 0.609. The number of hydrogen-bond acceptors (Lipinski definition) is 5. The molecular weight excluding hydrogens is 457 g/mol. The molecule has 176 valence electrons. The van der Waals surface area contributed by atoms with Gasteiger partial charge < -0.3 is 10.2 Å². The number of carbonyl (C=O) groups excluding carboxylic acids is 4. The molecule has 2 fully saturated rings. The van der Waals surface area contributed by atoms with E-state index in [1.165, 1.54) is 18.2 Å². The first-order valence-corrected chi connectivity index (χ1v) is 11.9. The Hall–Kier alpha value is -3.46. The molecule has 2 aliphatic rings. The maximum atomic E-state index is 13.9. The molecule has 34 heavy (non-hydrogen) atoms. The second kappa shape index (κ2) is 10.6. The SMILES string of the molecule is O=C(NCCN1C(=O)S/C(=C\c2ccccc2F)C1=O)C(c1ccccc1)N1CCCCC1=O. The highest BCUT2D eigenvalue weighted by molar-refractivity contribution is 8.18. The highest BCUT2D eigenvalue weighted by atomic mass is 32.2. The molecule has 1 N–H and O–H groups in total. The number of benzene rings is 2. The van der Waals surface area contributed by atoms with Crippen LogP contribution in [-0.2, 0) is 14.4 Å². The van der Waals surface area contributed by atoms with Gasteiger partial charge in [-0.25, -0.2) is 4.39 Å². The van der Waals surface area contributed by atoms with Crippen molar-refractivity contribution in [2.45, 2.75) is 25.3 Å². The van der Waals surface area contributed by atoms with Gasteiger partial charge in [0.25, 0.3) is 11.1 Å². The van der Waals surface area contributed by atoms with Gasteiger partial charge in [0.05, 0.1) is 4.91 Å². The minimum absolute atomic E-state index is 0.0273. The standard InChI is InChI=1S/C25H24FN3O4S/c26-19-11-5-4-10-18(19)16-20-24(32)29(25(33)34-20)15-13-27-23(31)22(17-8-2-1-3-9-17)28-14-7-6-12-21(28)30/h1-5,8-11,16,22H,6-7,12-15H2,(H,27,31)/b20-16-. The van der Waals surface area contributed by atoms with Crippen LogP contribution in [0.25, 0.3) is 6.08 Å². The molecule has 4 rings (SSSR count). The Morgan fingerprint density at radius 3 is 2.53 bits per heavy atom. The summed E-state index contributed by atoms with van der Waals surface area (Å²) >= 11 is 0.737. The van der Waals surface area contributed by atoms with Crippen molar-refractivity contribution >= 4 is 40.8 Å². The van der Waals surface area contributed by atoms with Gasteiger partial charge in [0.1, 0.15) is 11.9 Å². The van der Waals surface area contributed by atoms with Crippen LogP contribution in [0.3, 0.4) is 0 Å². The molecule has 2 heterocycles. The van der Waals surface area contributed by atoms with Crippen molar-refractivity contribution in [2.24, 2.45) is 0 Å². The van der Waals surface area contributed by atoms with Crippen molar-refractivity contribution in [2.75, 3.05) is 19.6 Å². The van der Waals surface area contributed by atoms with Gasteiger partial charge in [-0.3, -0.25) is 24.1 Å². The lowest BCUT2D eigenvalue weighted by molar-refractivity contribution is -0.142. The summed E-state index contributed by atoms with van der Waals surface area (Å²) in [6.07, 6.45) is 3.39. The lowest BCUT2D eigenvalue weighted by atomic mass is 10.0. The van der Waals surface area contributed by atoms with E-state index in [1.54, 1.807) is 29.2 Å². The molecule has 0 aromatic heterocycles. The van der Waals surface area contributed by atoms with Crippen LogP contribution in [0.15, 0.2) is 59.5 Å². The Labute approximate surface area is 201 Å². The monoisotopic (exact) mass is 481 g/mol. The molecule has 2 saturated heterocycles. The number of amides is 4. The summed E-state index contributed by atoms with van der Waals surface area (Å²) in [5, 5.41) is 2.29. The zero-order valence-corrected chi connectivity index (χ0v) is 19.2. The number of nitrogens with zero attached hydrogens (tertiary/aromatic N) is 2. The lowest BCUT2D eigenvalue weighted by Gasteiger charge is -2.34. The van der Waals surface area contributed by atoms with Gasteiger partial charge in [-0.05, 0) is 42.3 Å². The van der Waals surface area contributed by atoms with Gasteiger partial charge in [-0.2, -0.15) is 0 Å². The maximum Gasteiger partial charge on any atom is 0.293 e. The summed E-state index contributed by atoms with van der Waals surface area (Å²) in [5.41, 5.74) is 0.924. The largest absolute Gasteiger partial charge is 0.352 e. The van der Waals surface area contributed by atoms with Crippen LogP contribution < -0.4 is 5.32 Å². The van der Waals surface area contributed by atoms with E-state index >= 15 is 0 Å². The predicted octanol–water partition coefficient (Wildman–Crippen LogP) is 3.73. The first kappa shape index (κ1) is 23.7. The normalized spacial score (nSPS) is 18.5. The number of nitrogens with one attached hydrogen (secondary N) is 1. The Morgan fingerprint density at radius 2 is 1.79 bits per heavy atom. The van der Waals surface area contributed by atoms with E-state index in [4.69, 9.17) is 0 Å². The van der Waals surface area contributed by atoms with Crippen LogP contribution in [0.2, 0.25) is 0 Å². The molecule has 1 unspecified atom stereocenters. The fourth-order valence-electron chi connectivity index (χ4n) is 4.02. The van der Waals surface area contributed by atoms with Gasteiger partial charge in [0.15, 0.2) is 0 Å². The Balaban J connectivity index is 1.42. The second-order valence-corrected chi connectivity index (χ2v) is 9.00. The molecule has 0 radical (unpaired) electrons. The van der Waals surface area contributed by atoms with E-state index in [0.717, 1.165) is 29.5 Å². The van der Waals surface area contributed by atoms with Crippen LogP contribution in [0, 0.1) is 5.82 Å². The average molecular weight is 482 g/mol. The highest BCUT2D eigenvalue weighted by Crippen LogP contribution is 2.32. The van der Waals surface area contributed by atoms with Gasteiger partial charge in [-0.15, -0.1) is 0 Å². The number of imide groups is 1. The van der Waals surface area contributed by atoms with Crippen LogP contribution in [0.4, 0.5) is 9.18 Å². The summed E-state index contributed by atoms with van der Waals surface area (Å²) in [7, 11) is 0. The summed E-state index contributed by atoms with van der Waals surface area (Å²) < 4.78 is 13.9. The lowest BCUT2D eigenvalue weighted by Crippen LogP contribution is -2.47. The van der Waals surface area contributed by atoms with E-state index in [-0.39, 0.29) is 35.4 Å². The smallest absolute Gasteiger partial charge is 0.293 e. The van der Waals surface area contributed by atoms with Gasteiger partial charge in [0.2, 0.25) is 11.8 Å². The summed E-state index contributed by atoms with van der Waals surface area (Å²) in [4.78, 5) is 53.4. The third kappa shape index (κ3) is 5.20. The molecule has 0 spiro atoms. The van der Waals surface area contributed by atoms with Crippen LogP contribution in [0.1, 0.15) is 36.4 Å². The van der Waals surface area contributed by atoms with Crippen molar-refractivity contribution in [1.29, 1.82) is 0 Å². The summed E-state index contributed by atoms with van der Waals surface area (Å²) in [6, 6.07) is 14.3. The molecule has 7 nitrogen and oxygen atoms in total. The number of piperidine rings is 1. The molecular formula is C25H24FN3O4S. The van der Waals surface area contributed by atoms with Crippen LogP contribution >= 0.6 is 11.8 Å². The summed E-state index contributed by atoms with van der Waals surface area (Å²) in [6.45, 7) is 0.505. The summed E-state index contributed by atoms with van der Waals surface area (Å²) in [5.74, 6) is -1.45. The molecule has 2 aliphatic heterocycles. The van der Waals surface area contributed by atoms with Crippen molar-refractivity contribution in [1.82, 2.24) is 15.1 Å². The first-order valence-electron chi connectivity index (χ1n) is 11.1. The van der Waals surface area contributed by atoms with Crippen molar-refractivity contribution in [3.63, 3.8) is 0 Å². The van der Waals surface area contributed by atoms with Crippen molar-refractivity contribution < 1.29 is 23.6 Å². The van der Waals surface area contributed by atoms with Crippen molar-refractivity contribution in [3.8, 4) is 0 Å². The number of hydrogen-bond donors (Lipinski definition) is 1. The van der Waals surface area contributed by atoms with Crippen LogP contribution in [0.5, 0.6) is 0 Å². The molecule has 9 heteroatoms. The van der Waals surface area contributed by atoms with E-state index in [2.05, 4.69) is 5.32 Å². The molecule has 1 atom stereocenters. The number of thioether (sulfide) groups is 1. The van der Waals surface area contributed by atoms with Crippen molar-refractivity contribution in [3.05, 3.63) is 76.4 Å². The number of likely N-dealkylation sites (tertiary alicyclic amines) is 1. The zero-order valence-electron chi connectivity index (χ0n) is 18.4. The molecule has 2 aromatic rings. The molecule has 2 aromatic carbocycles. The molecule has 0 saturated carbocycles. The van der Waals surface area contributed by atoms with Crippen LogP contribution in [-0.4, -0.2) is 52.4 Å². The molecule has 0 bridgehead atoms. The molecule has 0 aliphatic carbocycles. The molecule has 4 amide bonds. The van der Waals surface area contributed by atoms with E-state index in [1.807, 2.05) is 18.2 Å². The van der Waals surface area contributed by atoms with E-state index in [9.17, 15) is 23.6 Å². The average Bonchev–Trinajstić information content (AvgIpc) is 3.10. The van der Waals surface area contributed by atoms with E-state index in [0.29, 0.717) is 18.5 Å². The fraction of sp³-hybridized carbons (Fsp3) is 0.280. The fourth-order valence-corrected chi connectivity index (χ4v) is 4.88. The highest BCUT2D eigenvalue weighted by Gasteiger charge is 2.36. The Morgan fingerprint density at radius 1 is 1.06 bits per heavy atom. The minimum Gasteiger partial charge on any atom is -0.352 e. The maximum absolute atomic E-state index is 13.9. The third-order valence-corrected chi connectivity index (χ3v) is 6.64.